The Morgan fingerprint density at radius 2 is 1.73 bits per heavy atom. The number of nitrogens with zero attached hydrogens (tertiary/aromatic N) is 1. The Labute approximate surface area is 96.2 Å². The first-order valence-electron chi connectivity index (χ1n) is 6.15. The van der Waals surface area contributed by atoms with E-state index in [0.717, 1.165) is 13.1 Å². The molecule has 0 spiro atoms. The normalized spacial score (nSPS) is 15.0. The van der Waals surface area contributed by atoms with Gasteiger partial charge >= 0.3 is 0 Å². The lowest BCUT2D eigenvalue weighted by Crippen LogP contribution is -2.34. The van der Waals surface area contributed by atoms with Crippen molar-refractivity contribution in [1.82, 2.24) is 4.90 Å². The predicted octanol–water partition coefficient (Wildman–Crippen LogP) is 2.59. The molecule has 1 atom stereocenters. The maximum atomic E-state index is 5.78. The van der Waals surface area contributed by atoms with E-state index in [1.54, 1.807) is 0 Å². The summed E-state index contributed by atoms with van der Waals surface area (Å²) in [6, 6.07) is 0. The topological polar surface area (TPSA) is 29.3 Å². The Morgan fingerprint density at radius 1 is 1.20 bits per heavy atom. The van der Waals surface area contributed by atoms with Crippen LogP contribution in [0.5, 0.6) is 0 Å². The second-order valence-corrected chi connectivity index (χ2v) is 6.31. The number of nitrogens with two attached hydrogens (primary N) is 1. The van der Waals surface area contributed by atoms with Crippen LogP contribution in [0.2, 0.25) is 0 Å². The van der Waals surface area contributed by atoms with Crippen molar-refractivity contribution in [2.45, 2.75) is 41.0 Å². The van der Waals surface area contributed by atoms with E-state index in [1.165, 1.54) is 13.0 Å². The fraction of sp³-hybridized carbons (Fsp3) is 1.00. The molecule has 0 bridgehead atoms. The van der Waals surface area contributed by atoms with Gasteiger partial charge in [0.15, 0.2) is 0 Å². The summed E-state index contributed by atoms with van der Waals surface area (Å²) in [4.78, 5) is 2.42. The van der Waals surface area contributed by atoms with Crippen LogP contribution in [0.25, 0.3) is 0 Å². The quantitative estimate of drug-likeness (QED) is 0.736. The van der Waals surface area contributed by atoms with Gasteiger partial charge in [-0.3, -0.25) is 0 Å². The monoisotopic (exact) mass is 214 g/mol. The van der Waals surface area contributed by atoms with Crippen LogP contribution in [0.15, 0.2) is 0 Å². The van der Waals surface area contributed by atoms with Crippen molar-refractivity contribution in [2.75, 3.05) is 26.7 Å². The predicted molar refractivity (Wildman–Crippen MR) is 69.0 cm³/mol. The summed E-state index contributed by atoms with van der Waals surface area (Å²) in [5.74, 6) is 1.32. The molecule has 0 aromatic rings. The van der Waals surface area contributed by atoms with Crippen LogP contribution in [0, 0.1) is 17.3 Å². The summed E-state index contributed by atoms with van der Waals surface area (Å²) in [6.07, 6.45) is 1.25. The number of hydrogen-bond donors (Lipinski definition) is 1. The lowest BCUT2D eigenvalue weighted by atomic mass is 9.91. The molecule has 0 aromatic heterocycles. The van der Waals surface area contributed by atoms with Gasteiger partial charge in [0.05, 0.1) is 0 Å². The average molecular weight is 214 g/mol. The van der Waals surface area contributed by atoms with Crippen molar-refractivity contribution in [3.8, 4) is 0 Å². The van der Waals surface area contributed by atoms with Crippen molar-refractivity contribution < 1.29 is 0 Å². The van der Waals surface area contributed by atoms with E-state index in [2.05, 4.69) is 46.6 Å². The molecular weight excluding hydrogens is 184 g/mol. The third-order valence-electron chi connectivity index (χ3n) is 3.04. The van der Waals surface area contributed by atoms with Gasteiger partial charge in [0.2, 0.25) is 0 Å². The van der Waals surface area contributed by atoms with E-state index in [4.69, 9.17) is 5.73 Å². The molecular formula is C13H30N2. The summed E-state index contributed by atoms with van der Waals surface area (Å²) in [6.45, 7) is 14.5. The van der Waals surface area contributed by atoms with Crippen LogP contribution >= 0.6 is 0 Å². The molecule has 0 fully saturated rings. The molecule has 0 rings (SSSR count). The molecule has 0 aliphatic carbocycles. The molecule has 0 saturated carbocycles. The van der Waals surface area contributed by atoms with Crippen molar-refractivity contribution >= 4 is 0 Å². The van der Waals surface area contributed by atoms with E-state index in [0.29, 0.717) is 17.3 Å². The smallest absolute Gasteiger partial charge is 0.00211 e. The first-order chi connectivity index (χ1) is 6.76. The zero-order valence-corrected chi connectivity index (χ0v) is 11.5. The van der Waals surface area contributed by atoms with Crippen LogP contribution < -0.4 is 5.73 Å². The van der Waals surface area contributed by atoms with E-state index >= 15 is 0 Å². The maximum absolute atomic E-state index is 5.78. The van der Waals surface area contributed by atoms with Crippen molar-refractivity contribution in [2.24, 2.45) is 23.0 Å². The first kappa shape index (κ1) is 14.9. The van der Waals surface area contributed by atoms with Gasteiger partial charge in [-0.2, -0.15) is 0 Å². The second-order valence-electron chi connectivity index (χ2n) is 6.31. The van der Waals surface area contributed by atoms with Gasteiger partial charge in [-0.25, -0.2) is 0 Å². The van der Waals surface area contributed by atoms with Crippen LogP contribution in [0.3, 0.4) is 0 Å². The summed E-state index contributed by atoms with van der Waals surface area (Å²) >= 11 is 0. The minimum absolute atomic E-state index is 0.435. The van der Waals surface area contributed by atoms with E-state index < -0.39 is 0 Å². The van der Waals surface area contributed by atoms with Crippen molar-refractivity contribution in [3.05, 3.63) is 0 Å². The molecule has 0 aromatic carbocycles. The van der Waals surface area contributed by atoms with Crippen LogP contribution in [0.1, 0.15) is 41.0 Å². The Morgan fingerprint density at radius 3 is 2.07 bits per heavy atom. The van der Waals surface area contributed by atoms with Gasteiger partial charge in [0.1, 0.15) is 0 Å². The highest BCUT2D eigenvalue weighted by Gasteiger charge is 2.16. The fourth-order valence-electron chi connectivity index (χ4n) is 1.58. The highest BCUT2D eigenvalue weighted by molar-refractivity contribution is 4.70. The molecule has 2 N–H and O–H groups in total. The van der Waals surface area contributed by atoms with Crippen LogP contribution in [0.4, 0.5) is 0 Å². The molecule has 0 aliphatic rings. The molecule has 0 aliphatic heterocycles. The van der Waals surface area contributed by atoms with Crippen LogP contribution in [-0.4, -0.2) is 31.6 Å². The Kier molecular flexibility index (Phi) is 6.46. The van der Waals surface area contributed by atoms with Gasteiger partial charge in [-0.15, -0.1) is 0 Å². The van der Waals surface area contributed by atoms with Crippen molar-refractivity contribution in [1.29, 1.82) is 0 Å². The van der Waals surface area contributed by atoms with Gasteiger partial charge in [0, 0.05) is 6.54 Å². The second kappa shape index (κ2) is 6.49. The molecule has 2 nitrogen and oxygen atoms in total. The lowest BCUT2D eigenvalue weighted by molar-refractivity contribution is 0.212. The van der Waals surface area contributed by atoms with Crippen LogP contribution in [-0.2, 0) is 0 Å². The lowest BCUT2D eigenvalue weighted by Gasteiger charge is -2.28. The zero-order valence-electron chi connectivity index (χ0n) is 11.5. The molecule has 0 saturated heterocycles. The minimum atomic E-state index is 0.435. The summed E-state index contributed by atoms with van der Waals surface area (Å²) in [7, 11) is 2.21. The summed E-state index contributed by atoms with van der Waals surface area (Å²) < 4.78 is 0. The zero-order chi connectivity index (χ0) is 12.1. The van der Waals surface area contributed by atoms with Gasteiger partial charge in [-0.05, 0) is 43.8 Å². The molecule has 1 unspecified atom stereocenters. The van der Waals surface area contributed by atoms with E-state index in [1.807, 2.05) is 0 Å². The molecule has 15 heavy (non-hydrogen) atoms. The molecule has 0 radical (unpaired) electrons. The van der Waals surface area contributed by atoms with E-state index in [-0.39, 0.29) is 0 Å². The summed E-state index contributed by atoms with van der Waals surface area (Å²) in [5.41, 5.74) is 6.21. The van der Waals surface area contributed by atoms with Gasteiger partial charge < -0.3 is 10.6 Å². The highest BCUT2D eigenvalue weighted by atomic mass is 15.1. The number of rotatable bonds is 6. The first-order valence-corrected chi connectivity index (χ1v) is 6.15. The Bertz CT molecular complexity index is 158. The highest BCUT2D eigenvalue weighted by Crippen LogP contribution is 2.19. The SMILES string of the molecule is CC(C)C(CN)CN(C)CCC(C)(C)C. The third kappa shape index (κ3) is 7.80. The van der Waals surface area contributed by atoms with E-state index in [9.17, 15) is 0 Å². The molecule has 0 heterocycles. The van der Waals surface area contributed by atoms with Gasteiger partial charge in [-0.1, -0.05) is 34.6 Å². The minimum Gasteiger partial charge on any atom is -0.330 e. The third-order valence-corrected chi connectivity index (χ3v) is 3.04. The standard InChI is InChI=1S/C13H30N2/c1-11(2)12(9-14)10-15(6)8-7-13(3,4)5/h11-12H,7-10,14H2,1-6H3. The van der Waals surface area contributed by atoms with Crippen molar-refractivity contribution in [3.63, 3.8) is 0 Å². The average Bonchev–Trinajstić information content (AvgIpc) is 2.09. The molecule has 92 valence electrons. The van der Waals surface area contributed by atoms with Gasteiger partial charge in [0.25, 0.3) is 0 Å². The maximum Gasteiger partial charge on any atom is 0.00211 e. The summed E-state index contributed by atoms with van der Waals surface area (Å²) in [5, 5.41) is 0. The molecule has 2 heteroatoms. The largest absolute Gasteiger partial charge is 0.330 e. The molecule has 0 amide bonds. The Hall–Kier alpha value is -0.0800. The Balaban J connectivity index is 3.86. The fourth-order valence-corrected chi connectivity index (χ4v) is 1.58. The number of hydrogen-bond acceptors (Lipinski definition) is 2.